The van der Waals surface area contributed by atoms with Crippen LogP contribution in [0.1, 0.15) is 0 Å². The number of fused-ring (bicyclic) bond motifs is 6. The van der Waals surface area contributed by atoms with E-state index in [2.05, 4.69) is 104 Å². The standard InChI is InChI=1S/C36H30N8/c1-41(2)33-17-19-37-35(39-33)43-29-11-7-5-9-25(29)27-21-23(13-15-31(27)43)24-14-16-32-28(22-24)26-10-6-8-12-30(26)44(32)36-38-20-18-34(40-36)42(3)4/h5-22H,1-4H3. The van der Waals surface area contributed by atoms with Crippen molar-refractivity contribution in [3.63, 3.8) is 0 Å². The molecule has 0 N–H and O–H groups in total. The quantitative estimate of drug-likeness (QED) is 0.216. The van der Waals surface area contributed by atoms with E-state index in [0.717, 1.165) is 55.6 Å². The van der Waals surface area contributed by atoms with Gasteiger partial charge in [-0.05, 0) is 59.7 Å². The van der Waals surface area contributed by atoms with Crippen molar-refractivity contribution in [2.45, 2.75) is 0 Å². The smallest absolute Gasteiger partial charge is 0.236 e. The minimum absolute atomic E-state index is 0.657. The second-order valence-electron chi connectivity index (χ2n) is 11.4. The fourth-order valence-electron chi connectivity index (χ4n) is 6.13. The first-order valence-electron chi connectivity index (χ1n) is 14.6. The minimum Gasteiger partial charge on any atom is -0.363 e. The number of para-hydroxylation sites is 2. The van der Waals surface area contributed by atoms with Crippen molar-refractivity contribution in [3.8, 4) is 23.0 Å². The van der Waals surface area contributed by atoms with Gasteiger partial charge >= 0.3 is 0 Å². The van der Waals surface area contributed by atoms with Crippen LogP contribution in [0.5, 0.6) is 0 Å². The van der Waals surface area contributed by atoms with Crippen LogP contribution in [0.25, 0.3) is 66.6 Å². The van der Waals surface area contributed by atoms with Gasteiger partial charge in [0.15, 0.2) is 0 Å². The molecule has 0 saturated carbocycles. The molecule has 0 aliphatic heterocycles. The van der Waals surface area contributed by atoms with Crippen LogP contribution in [0.2, 0.25) is 0 Å². The highest BCUT2D eigenvalue weighted by molar-refractivity contribution is 6.12. The Hall–Kier alpha value is -5.76. The van der Waals surface area contributed by atoms with E-state index in [-0.39, 0.29) is 0 Å². The number of anilines is 2. The van der Waals surface area contributed by atoms with Crippen LogP contribution in [0.15, 0.2) is 109 Å². The van der Waals surface area contributed by atoms with Crippen LogP contribution in [0, 0.1) is 0 Å². The SMILES string of the molecule is CN(C)c1ccnc(-n2c3ccccc3c3cc(-c4ccc5c(c4)c4ccccc4n5-c4nccc(N(C)C)n4)ccc32)n1. The van der Waals surface area contributed by atoms with Gasteiger partial charge < -0.3 is 9.80 Å². The van der Waals surface area contributed by atoms with Gasteiger partial charge in [-0.2, -0.15) is 9.97 Å². The summed E-state index contributed by atoms with van der Waals surface area (Å²) in [5.74, 6) is 3.04. The zero-order chi connectivity index (χ0) is 29.9. The largest absolute Gasteiger partial charge is 0.363 e. The lowest BCUT2D eigenvalue weighted by Gasteiger charge is -2.13. The molecule has 4 aromatic carbocycles. The van der Waals surface area contributed by atoms with E-state index in [1.165, 1.54) is 10.8 Å². The lowest BCUT2D eigenvalue weighted by Crippen LogP contribution is -2.12. The molecule has 0 aliphatic carbocycles. The molecule has 0 aliphatic rings. The van der Waals surface area contributed by atoms with Crippen molar-refractivity contribution < 1.29 is 0 Å². The summed E-state index contributed by atoms with van der Waals surface area (Å²) in [4.78, 5) is 23.0. The Balaban J connectivity index is 1.32. The van der Waals surface area contributed by atoms with Gasteiger partial charge in [0.05, 0.1) is 22.1 Å². The summed E-state index contributed by atoms with van der Waals surface area (Å²) < 4.78 is 4.31. The monoisotopic (exact) mass is 574 g/mol. The first-order chi connectivity index (χ1) is 21.5. The van der Waals surface area contributed by atoms with Gasteiger partial charge in [-0.15, -0.1) is 0 Å². The average molecular weight is 575 g/mol. The zero-order valence-corrected chi connectivity index (χ0v) is 25.0. The maximum atomic E-state index is 4.86. The molecule has 0 atom stereocenters. The molecule has 0 saturated heterocycles. The Labute approximate surface area is 254 Å². The van der Waals surface area contributed by atoms with Crippen LogP contribution >= 0.6 is 0 Å². The summed E-state index contributed by atoms with van der Waals surface area (Å²) >= 11 is 0. The second kappa shape index (κ2) is 9.91. The molecule has 4 heterocycles. The molecule has 0 unspecified atom stereocenters. The Kier molecular flexibility index (Phi) is 5.84. The molecular weight excluding hydrogens is 544 g/mol. The molecule has 4 aromatic heterocycles. The molecule has 8 aromatic rings. The third-order valence-corrected chi connectivity index (χ3v) is 8.25. The predicted molar refractivity (Wildman–Crippen MR) is 180 cm³/mol. The van der Waals surface area contributed by atoms with Gasteiger partial charge in [-0.1, -0.05) is 48.5 Å². The maximum absolute atomic E-state index is 4.86. The molecule has 0 radical (unpaired) electrons. The predicted octanol–water partition coefficient (Wildman–Crippen LogP) is 7.26. The van der Waals surface area contributed by atoms with E-state index in [1.54, 1.807) is 0 Å². The number of benzene rings is 4. The van der Waals surface area contributed by atoms with Gasteiger partial charge in [0.2, 0.25) is 11.9 Å². The topological polar surface area (TPSA) is 67.9 Å². The Morgan fingerprint density at radius 1 is 0.455 bits per heavy atom. The first kappa shape index (κ1) is 25.9. The Morgan fingerprint density at radius 3 is 1.30 bits per heavy atom. The molecule has 0 amide bonds. The van der Waals surface area contributed by atoms with Crippen molar-refractivity contribution >= 4 is 55.2 Å². The van der Waals surface area contributed by atoms with Crippen molar-refractivity contribution in [2.75, 3.05) is 38.0 Å². The highest BCUT2D eigenvalue weighted by Gasteiger charge is 2.18. The van der Waals surface area contributed by atoms with Crippen molar-refractivity contribution in [1.29, 1.82) is 0 Å². The third kappa shape index (κ3) is 3.99. The summed E-state index contributed by atoms with van der Waals surface area (Å²) in [6.07, 6.45) is 3.64. The third-order valence-electron chi connectivity index (χ3n) is 8.25. The highest BCUT2D eigenvalue weighted by atomic mass is 15.2. The van der Waals surface area contributed by atoms with Gasteiger partial charge in [0.1, 0.15) is 11.6 Å². The van der Waals surface area contributed by atoms with Crippen LogP contribution in [-0.2, 0) is 0 Å². The van der Waals surface area contributed by atoms with Gasteiger partial charge in [-0.3, -0.25) is 9.13 Å². The van der Waals surface area contributed by atoms with Gasteiger partial charge in [0.25, 0.3) is 0 Å². The summed E-state index contributed by atoms with van der Waals surface area (Å²) in [6, 6.07) is 34.1. The summed E-state index contributed by atoms with van der Waals surface area (Å²) in [5.41, 5.74) is 6.59. The molecule has 8 rings (SSSR count). The molecule has 0 fully saturated rings. The Morgan fingerprint density at radius 2 is 0.864 bits per heavy atom. The van der Waals surface area contributed by atoms with Gasteiger partial charge in [-0.25, -0.2) is 9.97 Å². The first-order valence-corrected chi connectivity index (χ1v) is 14.6. The summed E-state index contributed by atoms with van der Waals surface area (Å²) in [6.45, 7) is 0. The highest BCUT2D eigenvalue weighted by Crippen LogP contribution is 2.37. The maximum Gasteiger partial charge on any atom is 0.236 e. The van der Waals surface area contributed by atoms with E-state index >= 15 is 0 Å². The molecule has 8 nitrogen and oxygen atoms in total. The minimum atomic E-state index is 0.657. The molecule has 44 heavy (non-hydrogen) atoms. The van der Waals surface area contributed by atoms with E-state index in [9.17, 15) is 0 Å². The fourth-order valence-corrected chi connectivity index (χ4v) is 6.13. The lowest BCUT2D eigenvalue weighted by atomic mass is 10.0. The van der Waals surface area contributed by atoms with Crippen LogP contribution in [-0.4, -0.2) is 57.3 Å². The number of hydrogen-bond donors (Lipinski definition) is 0. The lowest BCUT2D eigenvalue weighted by molar-refractivity contribution is 0.956. The Bertz CT molecular complexity index is 2200. The molecular formula is C36H30N8. The molecule has 214 valence electrons. The molecule has 8 heteroatoms. The number of aromatic nitrogens is 6. The summed E-state index contributed by atoms with van der Waals surface area (Å²) in [7, 11) is 7.97. The van der Waals surface area contributed by atoms with Crippen LogP contribution in [0.4, 0.5) is 11.6 Å². The van der Waals surface area contributed by atoms with E-state index in [0.29, 0.717) is 11.9 Å². The number of rotatable bonds is 5. The second-order valence-corrected chi connectivity index (χ2v) is 11.4. The van der Waals surface area contributed by atoms with Crippen molar-refractivity contribution in [3.05, 3.63) is 109 Å². The molecule has 0 bridgehead atoms. The number of hydrogen-bond acceptors (Lipinski definition) is 6. The fraction of sp³-hybridized carbons (Fsp3) is 0.111. The van der Waals surface area contributed by atoms with E-state index in [1.807, 2.05) is 62.5 Å². The van der Waals surface area contributed by atoms with Crippen LogP contribution < -0.4 is 9.80 Å². The van der Waals surface area contributed by atoms with Crippen LogP contribution in [0.3, 0.4) is 0 Å². The summed E-state index contributed by atoms with van der Waals surface area (Å²) in [5, 5.41) is 4.65. The van der Waals surface area contributed by atoms with Crippen molar-refractivity contribution in [1.82, 2.24) is 29.1 Å². The average Bonchev–Trinajstić information content (AvgIpc) is 3.57. The van der Waals surface area contributed by atoms with Gasteiger partial charge in [0, 0.05) is 62.1 Å². The van der Waals surface area contributed by atoms with E-state index < -0.39 is 0 Å². The number of nitrogens with zero attached hydrogens (tertiary/aromatic N) is 8. The zero-order valence-electron chi connectivity index (χ0n) is 25.0. The van der Waals surface area contributed by atoms with E-state index in [4.69, 9.17) is 9.97 Å². The molecule has 0 spiro atoms. The van der Waals surface area contributed by atoms with Crippen molar-refractivity contribution in [2.24, 2.45) is 0 Å². The normalized spacial score (nSPS) is 11.6.